The maximum absolute atomic E-state index is 10.3. The SMILES string of the molecule is CCOc1cc(C=O)ccc1O.OCC(O)CO. The maximum atomic E-state index is 10.3. The first kappa shape index (κ1) is 16.4. The van der Waals surface area contributed by atoms with Crippen LogP contribution in [0.5, 0.6) is 11.5 Å². The van der Waals surface area contributed by atoms with Gasteiger partial charge in [0.15, 0.2) is 11.5 Å². The Bertz CT molecular complexity index is 348. The van der Waals surface area contributed by atoms with Crippen molar-refractivity contribution in [3.05, 3.63) is 23.8 Å². The van der Waals surface area contributed by atoms with Crippen LogP contribution < -0.4 is 4.74 Å². The molecule has 0 spiro atoms. The third kappa shape index (κ3) is 6.19. The first-order chi connectivity index (χ1) is 8.58. The molecule has 6 nitrogen and oxygen atoms in total. The fraction of sp³-hybridized carbons (Fsp3) is 0.417. The number of aliphatic hydroxyl groups excluding tert-OH is 3. The van der Waals surface area contributed by atoms with E-state index in [9.17, 15) is 9.90 Å². The Labute approximate surface area is 105 Å². The molecule has 0 saturated carbocycles. The Morgan fingerprint density at radius 1 is 1.33 bits per heavy atom. The van der Waals surface area contributed by atoms with Gasteiger partial charge in [-0.15, -0.1) is 0 Å². The molecular formula is C12H18O6. The summed E-state index contributed by atoms with van der Waals surface area (Å²) in [5, 5.41) is 33.2. The Morgan fingerprint density at radius 3 is 2.33 bits per heavy atom. The number of phenolic OH excluding ortho intramolecular Hbond substituents is 1. The molecule has 1 rings (SSSR count). The molecule has 0 atom stereocenters. The van der Waals surface area contributed by atoms with Gasteiger partial charge in [-0.2, -0.15) is 0 Å². The molecule has 0 bridgehead atoms. The molecule has 0 heterocycles. The smallest absolute Gasteiger partial charge is 0.161 e. The second-order valence-corrected chi connectivity index (χ2v) is 3.30. The molecule has 0 aliphatic heterocycles. The number of carbonyl (C=O) groups is 1. The molecule has 1 aromatic carbocycles. The Morgan fingerprint density at radius 2 is 1.94 bits per heavy atom. The molecule has 0 amide bonds. The number of aromatic hydroxyl groups is 1. The van der Waals surface area contributed by atoms with Gasteiger partial charge in [0.05, 0.1) is 19.8 Å². The molecule has 0 fully saturated rings. The highest BCUT2D eigenvalue weighted by Gasteiger charge is 2.01. The average Bonchev–Trinajstić information content (AvgIpc) is 2.41. The monoisotopic (exact) mass is 258 g/mol. The minimum atomic E-state index is -0.954. The molecule has 0 saturated heterocycles. The van der Waals surface area contributed by atoms with Crippen LogP contribution in [0.1, 0.15) is 17.3 Å². The quantitative estimate of drug-likeness (QED) is 0.551. The Hall–Kier alpha value is -1.63. The molecule has 0 aromatic heterocycles. The standard InChI is InChI=1S/C9H10O3.C3H8O3/c1-2-12-9-5-7(6-10)3-4-8(9)11;4-1-3(6)2-5/h3-6,11H,2H2,1H3;3-6H,1-2H2. The molecule has 0 aliphatic rings. The number of carbonyl (C=O) groups excluding carboxylic acids is 1. The molecule has 0 radical (unpaired) electrons. The molecule has 18 heavy (non-hydrogen) atoms. The lowest BCUT2D eigenvalue weighted by molar-refractivity contribution is 0.0450. The summed E-state index contributed by atoms with van der Waals surface area (Å²) in [6.07, 6.45) is -0.243. The summed E-state index contributed by atoms with van der Waals surface area (Å²) in [6.45, 7) is 1.55. The second kappa shape index (κ2) is 9.41. The number of aliphatic hydroxyl groups is 3. The summed E-state index contributed by atoms with van der Waals surface area (Å²) in [6, 6.07) is 4.48. The topological polar surface area (TPSA) is 107 Å². The van der Waals surface area contributed by atoms with E-state index in [1.165, 1.54) is 18.2 Å². The Balaban J connectivity index is 0.000000411. The number of hydrogen-bond acceptors (Lipinski definition) is 6. The van der Waals surface area contributed by atoms with E-state index in [-0.39, 0.29) is 19.0 Å². The summed E-state index contributed by atoms with van der Waals surface area (Å²) in [7, 11) is 0. The minimum Gasteiger partial charge on any atom is -0.504 e. The van der Waals surface area contributed by atoms with Gasteiger partial charge in [-0.1, -0.05) is 0 Å². The minimum absolute atomic E-state index is 0.0578. The number of benzene rings is 1. The molecule has 102 valence electrons. The lowest BCUT2D eigenvalue weighted by Gasteiger charge is -2.04. The van der Waals surface area contributed by atoms with E-state index in [0.717, 1.165) is 0 Å². The van der Waals surface area contributed by atoms with Crippen molar-refractivity contribution in [3.63, 3.8) is 0 Å². The van der Waals surface area contributed by atoms with Gasteiger partial charge in [0, 0.05) is 5.56 Å². The van der Waals surface area contributed by atoms with Crippen molar-refractivity contribution in [1.29, 1.82) is 0 Å². The molecule has 6 heteroatoms. The third-order valence-electron chi connectivity index (χ3n) is 1.84. The first-order valence-electron chi connectivity index (χ1n) is 5.39. The van der Waals surface area contributed by atoms with Gasteiger partial charge in [-0.05, 0) is 25.1 Å². The number of hydrogen-bond donors (Lipinski definition) is 4. The van der Waals surface area contributed by atoms with Gasteiger partial charge in [0.1, 0.15) is 12.4 Å². The highest BCUT2D eigenvalue weighted by Crippen LogP contribution is 2.25. The van der Waals surface area contributed by atoms with Crippen molar-refractivity contribution in [1.82, 2.24) is 0 Å². The first-order valence-corrected chi connectivity index (χ1v) is 5.39. The van der Waals surface area contributed by atoms with Crippen molar-refractivity contribution >= 4 is 6.29 Å². The van der Waals surface area contributed by atoms with Crippen molar-refractivity contribution in [2.75, 3.05) is 19.8 Å². The molecule has 4 N–H and O–H groups in total. The van der Waals surface area contributed by atoms with Gasteiger partial charge < -0.3 is 25.2 Å². The molecule has 0 unspecified atom stereocenters. The fourth-order valence-electron chi connectivity index (χ4n) is 0.933. The van der Waals surface area contributed by atoms with Crippen molar-refractivity contribution in [2.45, 2.75) is 13.0 Å². The van der Waals surface area contributed by atoms with Crippen molar-refractivity contribution in [3.8, 4) is 11.5 Å². The van der Waals surface area contributed by atoms with Crippen LogP contribution in [0, 0.1) is 0 Å². The summed E-state index contributed by atoms with van der Waals surface area (Å²) in [5.74, 6) is 0.407. The van der Waals surface area contributed by atoms with Crippen LogP contribution in [-0.2, 0) is 0 Å². The van der Waals surface area contributed by atoms with Gasteiger partial charge >= 0.3 is 0 Å². The molecular weight excluding hydrogens is 240 g/mol. The van der Waals surface area contributed by atoms with Crippen LogP contribution in [0.15, 0.2) is 18.2 Å². The van der Waals surface area contributed by atoms with E-state index in [2.05, 4.69) is 0 Å². The van der Waals surface area contributed by atoms with Crippen molar-refractivity contribution < 1.29 is 30.0 Å². The van der Waals surface area contributed by atoms with Crippen LogP contribution in [0.25, 0.3) is 0 Å². The van der Waals surface area contributed by atoms with Crippen LogP contribution in [0.3, 0.4) is 0 Å². The highest BCUT2D eigenvalue weighted by molar-refractivity contribution is 5.76. The zero-order valence-electron chi connectivity index (χ0n) is 10.1. The second-order valence-electron chi connectivity index (χ2n) is 3.30. The number of rotatable bonds is 5. The lowest BCUT2D eigenvalue weighted by atomic mass is 10.2. The average molecular weight is 258 g/mol. The molecule has 0 aliphatic carbocycles. The van der Waals surface area contributed by atoms with E-state index in [1.54, 1.807) is 0 Å². The van der Waals surface area contributed by atoms with E-state index in [4.69, 9.17) is 20.1 Å². The molecule has 1 aromatic rings. The zero-order valence-corrected chi connectivity index (χ0v) is 10.1. The predicted octanol–water partition coefficient (Wildman–Crippen LogP) is -0.0647. The van der Waals surface area contributed by atoms with Crippen LogP contribution >= 0.6 is 0 Å². The fourth-order valence-corrected chi connectivity index (χ4v) is 0.933. The van der Waals surface area contributed by atoms with Gasteiger partial charge in [0.2, 0.25) is 0 Å². The number of aldehydes is 1. The summed E-state index contributed by atoms with van der Waals surface area (Å²) < 4.78 is 5.07. The van der Waals surface area contributed by atoms with Gasteiger partial charge in [-0.3, -0.25) is 4.79 Å². The lowest BCUT2D eigenvalue weighted by Crippen LogP contribution is -2.15. The zero-order chi connectivity index (χ0) is 14.0. The highest BCUT2D eigenvalue weighted by atomic mass is 16.5. The third-order valence-corrected chi connectivity index (χ3v) is 1.84. The van der Waals surface area contributed by atoms with E-state index in [0.29, 0.717) is 24.2 Å². The summed E-state index contributed by atoms with van der Waals surface area (Å²) >= 11 is 0. The normalized spacial score (nSPS) is 9.61. The van der Waals surface area contributed by atoms with Crippen LogP contribution in [-0.4, -0.2) is 52.6 Å². The maximum Gasteiger partial charge on any atom is 0.161 e. The van der Waals surface area contributed by atoms with Crippen LogP contribution in [0.4, 0.5) is 0 Å². The van der Waals surface area contributed by atoms with E-state index < -0.39 is 6.10 Å². The van der Waals surface area contributed by atoms with Crippen molar-refractivity contribution in [2.24, 2.45) is 0 Å². The van der Waals surface area contributed by atoms with E-state index in [1.807, 2.05) is 6.92 Å². The van der Waals surface area contributed by atoms with E-state index >= 15 is 0 Å². The summed E-state index contributed by atoms with van der Waals surface area (Å²) in [4.78, 5) is 10.3. The summed E-state index contributed by atoms with van der Waals surface area (Å²) in [5.41, 5.74) is 0.497. The predicted molar refractivity (Wildman–Crippen MR) is 64.8 cm³/mol. The van der Waals surface area contributed by atoms with Gasteiger partial charge in [-0.25, -0.2) is 0 Å². The Kier molecular flexibility index (Phi) is 8.55. The number of ether oxygens (including phenoxy) is 1. The largest absolute Gasteiger partial charge is 0.504 e. The van der Waals surface area contributed by atoms with Gasteiger partial charge in [0.25, 0.3) is 0 Å². The van der Waals surface area contributed by atoms with Crippen LogP contribution in [0.2, 0.25) is 0 Å². The number of phenols is 1.